The van der Waals surface area contributed by atoms with Crippen LogP contribution in [0.2, 0.25) is 0 Å². The van der Waals surface area contributed by atoms with Crippen molar-refractivity contribution in [1.82, 2.24) is 29.6 Å². The minimum absolute atomic E-state index is 0.252. The summed E-state index contributed by atoms with van der Waals surface area (Å²) in [6, 6.07) is 10.5. The summed E-state index contributed by atoms with van der Waals surface area (Å²) in [6.45, 7) is 1.88. The van der Waals surface area contributed by atoms with Crippen molar-refractivity contribution in [2.24, 2.45) is 7.05 Å². The summed E-state index contributed by atoms with van der Waals surface area (Å²) in [4.78, 5) is 2.33. The van der Waals surface area contributed by atoms with Gasteiger partial charge in [-0.05, 0) is 37.1 Å². The van der Waals surface area contributed by atoms with Crippen LogP contribution in [0.1, 0.15) is 12.8 Å². The van der Waals surface area contributed by atoms with E-state index in [1.54, 1.807) is 22.7 Å². The lowest BCUT2D eigenvalue weighted by Gasteiger charge is -2.34. The average molecular weight is 392 g/mol. The van der Waals surface area contributed by atoms with Crippen molar-refractivity contribution in [3.63, 3.8) is 0 Å². The predicted octanol–water partition coefficient (Wildman–Crippen LogP) is 2.74. The zero-order valence-electron chi connectivity index (χ0n) is 16.0. The quantitative estimate of drug-likeness (QED) is 0.576. The average Bonchev–Trinajstić information content (AvgIpc) is 3.35. The van der Waals surface area contributed by atoms with Crippen molar-refractivity contribution in [3.05, 3.63) is 54.6 Å². The zero-order chi connectivity index (χ0) is 19.8. The van der Waals surface area contributed by atoms with Crippen molar-refractivity contribution in [2.45, 2.75) is 18.9 Å². The smallest absolute Gasteiger partial charge is 0.188 e. The van der Waals surface area contributed by atoms with Gasteiger partial charge in [-0.1, -0.05) is 12.1 Å². The summed E-state index contributed by atoms with van der Waals surface area (Å²) in [6.07, 6.45) is 6.07. The fourth-order valence-electron chi connectivity index (χ4n) is 3.79. The molecule has 0 aliphatic carbocycles. The van der Waals surface area contributed by atoms with Gasteiger partial charge in [0, 0.05) is 32.4 Å². The number of aromatic nitrogens is 6. The summed E-state index contributed by atoms with van der Waals surface area (Å²) in [5, 5.41) is 20.7. The first-order valence-corrected chi connectivity index (χ1v) is 9.65. The van der Waals surface area contributed by atoms with Crippen LogP contribution in [0.25, 0.3) is 17.0 Å². The van der Waals surface area contributed by atoms with E-state index in [0.717, 1.165) is 31.6 Å². The van der Waals surface area contributed by atoms with Gasteiger partial charge in [0.05, 0.1) is 17.4 Å². The molecule has 29 heavy (non-hydrogen) atoms. The second kappa shape index (κ2) is 7.16. The van der Waals surface area contributed by atoms with E-state index >= 15 is 0 Å². The highest BCUT2D eigenvalue weighted by molar-refractivity contribution is 5.60. The van der Waals surface area contributed by atoms with Gasteiger partial charge in [0.25, 0.3) is 0 Å². The Morgan fingerprint density at radius 3 is 2.86 bits per heavy atom. The normalized spacial score (nSPS) is 17.0. The van der Waals surface area contributed by atoms with E-state index in [1.165, 1.54) is 6.07 Å². The molecule has 4 aromatic rings. The Balaban J connectivity index is 1.39. The molecule has 1 atom stereocenters. The number of aryl methyl sites for hydroxylation is 1. The van der Waals surface area contributed by atoms with E-state index in [2.05, 4.69) is 30.6 Å². The maximum absolute atomic E-state index is 14.2. The number of benzene rings is 1. The number of nitrogens with one attached hydrogen (secondary N) is 1. The number of hydrogen-bond acceptors (Lipinski definition) is 6. The molecule has 0 saturated carbocycles. The summed E-state index contributed by atoms with van der Waals surface area (Å²) in [5.74, 6) is 0.761. The molecule has 0 radical (unpaired) electrons. The lowest BCUT2D eigenvalue weighted by Crippen LogP contribution is -2.42. The number of anilines is 2. The van der Waals surface area contributed by atoms with Crippen molar-refractivity contribution >= 4 is 17.2 Å². The minimum atomic E-state index is -0.346. The molecule has 9 heteroatoms. The third-order valence-corrected chi connectivity index (χ3v) is 5.21. The molecule has 1 aliphatic rings. The molecule has 0 bridgehead atoms. The fourth-order valence-corrected chi connectivity index (χ4v) is 3.79. The molecular formula is C20H21FN8. The van der Waals surface area contributed by atoms with Crippen molar-refractivity contribution in [2.75, 3.05) is 23.3 Å². The van der Waals surface area contributed by atoms with Crippen LogP contribution in [-0.4, -0.2) is 48.7 Å². The fraction of sp³-hybridized carbons (Fsp3) is 0.300. The highest BCUT2D eigenvalue weighted by Crippen LogP contribution is 2.23. The van der Waals surface area contributed by atoms with Gasteiger partial charge in [-0.15, -0.1) is 15.3 Å². The highest BCUT2D eigenvalue weighted by Gasteiger charge is 2.22. The molecule has 1 unspecified atom stereocenters. The van der Waals surface area contributed by atoms with Gasteiger partial charge in [0.2, 0.25) is 0 Å². The van der Waals surface area contributed by atoms with E-state index in [-0.39, 0.29) is 11.9 Å². The zero-order valence-corrected chi connectivity index (χ0v) is 16.0. The Bertz CT molecular complexity index is 1150. The number of fused-ring (bicyclic) bond motifs is 1. The Hall–Kier alpha value is -3.49. The number of rotatable bonds is 4. The molecule has 148 valence electrons. The molecule has 5 rings (SSSR count). The van der Waals surface area contributed by atoms with Crippen LogP contribution in [0.15, 0.2) is 48.8 Å². The lowest BCUT2D eigenvalue weighted by molar-refractivity contribution is 0.528. The van der Waals surface area contributed by atoms with Crippen LogP contribution in [-0.2, 0) is 7.05 Å². The van der Waals surface area contributed by atoms with Crippen LogP contribution < -0.4 is 10.2 Å². The molecule has 4 heterocycles. The van der Waals surface area contributed by atoms with E-state index in [1.807, 2.05) is 36.3 Å². The summed E-state index contributed by atoms with van der Waals surface area (Å²) < 4.78 is 17.6. The predicted molar refractivity (Wildman–Crippen MR) is 108 cm³/mol. The van der Waals surface area contributed by atoms with Gasteiger partial charge in [0.1, 0.15) is 11.6 Å². The Morgan fingerprint density at radius 2 is 2.03 bits per heavy atom. The van der Waals surface area contributed by atoms with E-state index in [9.17, 15) is 4.39 Å². The SMILES string of the molecule is Cn1cc(N2CCCC(Nc3ccc4nnc(-c5ccccc5F)n4n3)C2)cn1. The van der Waals surface area contributed by atoms with Crippen molar-refractivity contribution in [3.8, 4) is 11.4 Å². The molecule has 1 saturated heterocycles. The lowest BCUT2D eigenvalue weighted by atomic mass is 10.1. The first-order chi connectivity index (χ1) is 14.2. The van der Waals surface area contributed by atoms with Gasteiger partial charge in [-0.25, -0.2) is 4.39 Å². The van der Waals surface area contributed by atoms with Crippen LogP contribution in [0.5, 0.6) is 0 Å². The highest BCUT2D eigenvalue weighted by atomic mass is 19.1. The van der Waals surface area contributed by atoms with Gasteiger partial charge >= 0.3 is 0 Å². The molecule has 3 aromatic heterocycles. The largest absolute Gasteiger partial charge is 0.367 e. The number of nitrogens with zero attached hydrogens (tertiary/aromatic N) is 7. The van der Waals surface area contributed by atoms with E-state index in [4.69, 9.17) is 0 Å². The second-order valence-corrected chi connectivity index (χ2v) is 7.29. The van der Waals surface area contributed by atoms with Crippen LogP contribution in [0.3, 0.4) is 0 Å². The Kier molecular flexibility index (Phi) is 4.34. The minimum Gasteiger partial charge on any atom is -0.367 e. The maximum Gasteiger partial charge on any atom is 0.188 e. The molecule has 8 nitrogen and oxygen atoms in total. The van der Waals surface area contributed by atoms with Gasteiger partial charge in [0.15, 0.2) is 11.5 Å². The van der Waals surface area contributed by atoms with Gasteiger partial charge in [-0.2, -0.15) is 9.61 Å². The van der Waals surface area contributed by atoms with E-state index < -0.39 is 0 Å². The third kappa shape index (κ3) is 3.39. The number of hydrogen-bond donors (Lipinski definition) is 1. The maximum atomic E-state index is 14.2. The van der Waals surface area contributed by atoms with Crippen molar-refractivity contribution < 1.29 is 4.39 Å². The van der Waals surface area contributed by atoms with Gasteiger partial charge < -0.3 is 10.2 Å². The number of piperidine rings is 1. The Morgan fingerprint density at radius 1 is 1.14 bits per heavy atom. The molecule has 1 aromatic carbocycles. The Labute approximate surface area is 167 Å². The standard InChI is InChI=1S/C20H21FN8/c1-27-13-15(11-22-27)28-10-4-5-14(12-28)23-18-8-9-19-24-25-20(29(19)26-18)16-6-2-3-7-17(16)21/h2-3,6-9,11,13-14H,4-5,10,12H2,1H3,(H,23,26). The summed E-state index contributed by atoms with van der Waals surface area (Å²) in [7, 11) is 1.93. The first-order valence-electron chi connectivity index (χ1n) is 9.65. The summed E-state index contributed by atoms with van der Waals surface area (Å²) >= 11 is 0. The van der Waals surface area contributed by atoms with Crippen LogP contribution in [0, 0.1) is 5.82 Å². The molecule has 1 aliphatic heterocycles. The molecule has 0 amide bonds. The topological polar surface area (TPSA) is 76.2 Å². The van der Waals surface area contributed by atoms with Crippen LogP contribution >= 0.6 is 0 Å². The first kappa shape index (κ1) is 17.6. The molecule has 0 spiro atoms. The molecule has 1 fully saturated rings. The van der Waals surface area contributed by atoms with Crippen LogP contribution in [0.4, 0.5) is 15.9 Å². The molecule has 1 N–H and O–H groups in total. The second-order valence-electron chi connectivity index (χ2n) is 7.29. The third-order valence-electron chi connectivity index (χ3n) is 5.21. The number of halogens is 1. The molecular weight excluding hydrogens is 371 g/mol. The monoisotopic (exact) mass is 392 g/mol. The van der Waals surface area contributed by atoms with Gasteiger partial charge in [-0.3, -0.25) is 4.68 Å². The summed E-state index contributed by atoms with van der Waals surface area (Å²) in [5.41, 5.74) is 2.09. The van der Waals surface area contributed by atoms with E-state index in [0.29, 0.717) is 22.9 Å². The van der Waals surface area contributed by atoms with Crippen molar-refractivity contribution in [1.29, 1.82) is 0 Å².